The van der Waals surface area contributed by atoms with Crippen LogP contribution in [0.15, 0.2) is 35.3 Å². The van der Waals surface area contributed by atoms with Crippen molar-refractivity contribution in [2.24, 2.45) is 4.99 Å². The summed E-state index contributed by atoms with van der Waals surface area (Å²) in [6.45, 7) is 5.21. The van der Waals surface area contributed by atoms with Crippen molar-refractivity contribution in [2.75, 3.05) is 32.4 Å². The third kappa shape index (κ3) is 5.80. The molecule has 2 aliphatic rings. The van der Waals surface area contributed by atoms with Gasteiger partial charge in [0.25, 0.3) is 0 Å². The molecule has 0 radical (unpaired) electrons. The number of hydrogen-bond donors (Lipinski definition) is 2. The van der Waals surface area contributed by atoms with Crippen molar-refractivity contribution in [3.63, 3.8) is 0 Å². The van der Waals surface area contributed by atoms with E-state index < -0.39 is 10.8 Å². The molecule has 1 aliphatic carbocycles. The van der Waals surface area contributed by atoms with Crippen LogP contribution in [-0.4, -0.2) is 58.8 Å². The van der Waals surface area contributed by atoms with Crippen LogP contribution in [0.25, 0.3) is 0 Å². The van der Waals surface area contributed by atoms with Crippen LogP contribution in [-0.2, 0) is 10.8 Å². The van der Waals surface area contributed by atoms with Crippen molar-refractivity contribution in [3.05, 3.63) is 35.9 Å². The lowest BCUT2D eigenvalue weighted by Gasteiger charge is -2.32. The number of aliphatic imine (C=N–C) groups is 1. The van der Waals surface area contributed by atoms with Crippen molar-refractivity contribution in [3.8, 4) is 0 Å². The van der Waals surface area contributed by atoms with Crippen LogP contribution in [0.3, 0.4) is 0 Å². The van der Waals surface area contributed by atoms with E-state index in [0.29, 0.717) is 17.3 Å². The van der Waals surface area contributed by atoms with Gasteiger partial charge in [0.1, 0.15) is 0 Å². The predicted molar refractivity (Wildman–Crippen MR) is 119 cm³/mol. The fourth-order valence-electron chi connectivity index (χ4n) is 4.52. The second kappa shape index (κ2) is 11.0. The molecular formula is C22H36N4OS. The van der Waals surface area contributed by atoms with Gasteiger partial charge in [-0.05, 0) is 50.8 Å². The molecule has 1 saturated carbocycles. The Hall–Kier alpha value is -1.40. The number of benzene rings is 1. The van der Waals surface area contributed by atoms with Crippen LogP contribution in [0, 0.1) is 0 Å². The lowest BCUT2D eigenvalue weighted by Crippen LogP contribution is -2.48. The molecule has 2 N–H and O–H groups in total. The highest BCUT2D eigenvalue weighted by Crippen LogP contribution is 2.25. The predicted octanol–water partition coefficient (Wildman–Crippen LogP) is 3.07. The van der Waals surface area contributed by atoms with E-state index in [9.17, 15) is 4.21 Å². The van der Waals surface area contributed by atoms with Gasteiger partial charge in [0, 0.05) is 41.4 Å². The topological polar surface area (TPSA) is 56.7 Å². The summed E-state index contributed by atoms with van der Waals surface area (Å²) in [7, 11) is 1.14. The van der Waals surface area contributed by atoms with Crippen molar-refractivity contribution < 1.29 is 4.21 Å². The summed E-state index contributed by atoms with van der Waals surface area (Å²) in [5, 5.41) is 7.50. The summed E-state index contributed by atoms with van der Waals surface area (Å²) in [5.41, 5.74) is 1.36. The second-order valence-electron chi connectivity index (χ2n) is 7.92. The van der Waals surface area contributed by atoms with Gasteiger partial charge in [-0.2, -0.15) is 0 Å². The smallest absolute Gasteiger partial charge is 0.191 e. The molecule has 28 heavy (non-hydrogen) atoms. The van der Waals surface area contributed by atoms with Gasteiger partial charge in [-0.25, -0.2) is 0 Å². The summed E-state index contributed by atoms with van der Waals surface area (Å²) < 4.78 is 12.2. The summed E-state index contributed by atoms with van der Waals surface area (Å²) in [6, 6.07) is 11.5. The number of guanidine groups is 1. The molecule has 4 atom stereocenters. The standard InChI is InChI=1S/C22H36N4OS/c1-3-28(27)20-13-9-12-19(16-20)25-22(23-2)24-17-21(26-14-7-8-15-26)18-10-5-4-6-11-18/h4-6,10-11,19-21H,3,7-9,12-17H2,1-2H3,(H2,23,24,25). The normalized spacial score (nSPS) is 26.0. The Morgan fingerprint density at radius 1 is 1.21 bits per heavy atom. The molecule has 0 aromatic heterocycles. The summed E-state index contributed by atoms with van der Waals surface area (Å²) in [4.78, 5) is 7.04. The van der Waals surface area contributed by atoms with Gasteiger partial charge in [-0.3, -0.25) is 14.1 Å². The third-order valence-corrected chi connectivity index (χ3v) is 7.82. The Labute approximate surface area is 172 Å². The molecule has 6 heteroatoms. The summed E-state index contributed by atoms with van der Waals surface area (Å²) in [6.07, 6.45) is 6.92. The Morgan fingerprint density at radius 2 is 1.96 bits per heavy atom. The van der Waals surface area contributed by atoms with Crippen LogP contribution >= 0.6 is 0 Å². The molecular weight excluding hydrogens is 368 g/mol. The Balaban J connectivity index is 1.58. The molecule has 156 valence electrons. The maximum absolute atomic E-state index is 12.2. The van der Waals surface area contributed by atoms with Crippen LogP contribution in [0.5, 0.6) is 0 Å². The molecule has 1 saturated heterocycles. The zero-order valence-corrected chi connectivity index (χ0v) is 18.2. The van der Waals surface area contributed by atoms with Gasteiger partial charge in [0.2, 0.25) is 0 Å². The number of nitrogens with zero attached hydrogens (tertiary/aromatic N) is 2. The van der Waals surface area contributed by atoms with Crippen molar-refractivity contribution >= 4 is 16.8 Å². The Bertz CT molecular complexity index is 645. The summed E-state index contributed by atoms with van der Waals surface area (Å²) >= 11 is 0. The van der Waals surface area contributed by atoms with Crippen molar-refractivity contribution in [1.29, 1.82) is 0 Å². The van der Waals surface area contributed by atoms with E-state index in [4.69, 9.17) is 0 Å². The van der Waals surface area contributed by atoms with Crippen LogP contribution in [0.1, 0.15) is 57.1 Å². The van der Waals surface area contributed by atoms with Gasteiger partial charge < -0.3 is 10.6 Å². The zero-order chi connectivity index (χ0) is 19.8. The average Bonchev–Trinajstić information content (AvgIpc) is 3.28. The molecule has 1 heterocycles. The molecule has 5 nitrogen and oxygen atoms in total. The molecule has 1 aliphatic heterocycles. The fraction of sp³-hybridized carbons (Fsp3) is 0.682. The molecule has 0 spiro atoms. The molecule has 1 aromatic carbocycles. The van der Waals surface area contributed by atoms with Crippen molar-refractivity contribution in [2.45, 2.75) is 62.8 Å². The van der Waals surface area contributed by atoms with E-state index in [2.05, 4.69) is 50.9 Å². The van der Waals surface area contributed by atoms with Gasteiger partial charge in [0.05, 0.1) is 6.04 Å². The minimum Gasteiger partial charge on any atom is -0.354 e. The van der Waals surface area contributed by atoms with E-state index in [-0.39, 0.29) is 0 Å². The maximum Gasteiger partial charge on any atom is 0.191 e. The van der Waals surface area contributed by atoms with Gasteiger partial charge in [0.15, 0.2) is 5.96 Å². The minimum absolute atomic E-state index is 0.330. The van der Waals surface area contributed by atoms with Gasteiger partial charge in [-0.1, -0.05) is 43.7 Å². The molecule has 3 rings (SSSR count). The molecule has 0 amide bonds. The highest BCUT2D eigenvalue weighted by molar-refractivity contribution is 7.85. The minimum atomic E-state index is -0.696. The van der Waals surface area contributed by atoms with Crippen LogP contribution in [0.4, 0.5) is 0 Å². The van der Waals surface area contributed by atoms with E-state index in [1.165, 1.54) is 31.5 Å². The Kier molecular flexibility index (Phi) is 8.34. The maximum atomic E-state index is 12.2. The third-order valence-electron chi connectivity index (χ3n) is 6.08. The lowest BCUT2D eigenvalue weighted by molar-refractivity contribution is 0.245. The van der Waals surface area contributed by atoms with Crippen LogP contribution < -0.4 is 10.6 Å². The summed E-state index contributed by atoms with van der Waals surface area (Å²) in [5.74, 6) is 1.63. The molecule has 4 unspecified atom stereocenters. The molecule has 0 bridgehead atoms. The largest absolute Gasteiger partial charge is 0.354 e. The number of rotatable bonds is 7. The molecule has 2 fully saturated rings. The number of likely N-dealkylation sites (tertiary alicyclic amines) is 1. The van der Waals surface area contributed by atoms with Crippen LogP contribution in [0.2, 0.25) is 0 Å². The van der Waals surface area contributed by atoms with E-state index in [1.807, 2.05) is 14.0 Å². The van der Waals surface area contributed by atoms with E-state index >= 15 is 0 Å². The fourth-order valence-corrected chi connectivity index (χ4v) is 5.87. The SMILES string of the molecule is CCS(=O)C1CCCC(NC(=NC)NCC(c2ccccc2)N2CCCC2)C1. The zero-order valence-electron chi connectivity index (χ0n) is 17.4. The average molecular weight is 405 g/mol. The van der Waals surface area contributed by atoms with E-state index in [1.54, 1.807) is 0 Å². The number of nitrogens with one attached hydrogen (secondary N) is 2. The van der Waals surface area contributed by atoms with Gasteiger partial charge in [-0.15, -0.1) is 0 Å². The quantitative estimate of drug-likeness (QED) is 0.542. The van der Waals surface area contributed by atoms with Gasteiger partial charge >= 0.3 is 0 Å². The van der Waals surface area contributed by atoms with E-state index in [0.717, 1.165) is 43.9 Å². The first-order valence-corrected chi connectivity index (χ1v) is 12.2. The molecule has 1 aromatic rings. The highest BCUT2D eigenvalue weighted by Gasteiger charge is 2.27. The number of hydrogen-bond acceptors (Lipinski definition) is 3. The first-order chi connectivity index (χ1) is 13.7. The Morgan fingerprint density at radius 3 is 2.64 bits per heavy atom. The first-order valence-electron chi connectivity index (χ1n) is 10.8. The monoisotopic (exact) mass is 404 g/mol. The highest BCUT2D eigenvalue weighted by atomic mass is 32.2. The lowest BCUT2D eigenvalue weighted by atomic mass is 9.95. The van der Waals surface area contributed by atoms with Crippen molar-refractivity contribution in [1.82, 2.24) is 15.5 Å². The first kappa shape index (κ1) is 21.3. The second-order valence-corrected chi connectivity index (χ2v) is 9.93.